The molecule has 3 rings (SSSR count). The number of ether oxygens (including phenoxy) is 1. The van der Waals surface area contributed by atoms with E-state index < -0.39 is 10.0 Å². The lowest BCUT2D eigenvalue weighted by Gasteiger charge is -2.26. The van der Waals surface area contributed by atoms with Gasteiger partial charge in [-0.3, -0.25) is 4.79 Å². The molecule has 1 aliphatic heterocycles. The topological polar surface area (TPSA) is 75.7 Å². The number of hydrogen-bond acceptors (Lipinski definition) is 4. The highest BCUT2D eigenvalue weighted by atomic mass is 32.2. The zero-order valence-electron chi connectivity index (χ0n) is 16.4. The molecule has 156 valence electrons. The van der Waals surface area contributed by atoms with Crippen LogP contribution < -0.4 is 5.32 Å². The van der Waals surface area contributed by atoms with E-state index in [1.165, 1.54) is 22.5 Å². The second-order valence-corrected chi connectivity index (χ2v) is 8.89. The Balaban J connectivity index is 1.62. The summed E-state index contributed by atoms with van der Waals surface area (Å²) in [5.74, 6) is -0.591. The second kappa shape index (κ2) is 9.47. The van der Waals surface area contributed by atoms with E-state index in [-0.39, 0.29) is 16.6 Å². The molecule has 6 nitrogen and oxygen atoms in total. The van der Waals surface area contributed by atoms with Crippen LogP contribution in [0.3, 0.4) is 0 Å². The number of carbonyl (C=O) groups is 1. The first-order valence-electron chi connectivity index (χ1n) is 9.59. The van der Waals surface area contributed by atoms with Gasteiger partial charge in [0.25, 0.3) is 5.91 Å². The highest BCUT2D eigenvalue weighted by Gasteiger charge is 2.28. The van der Waals surface area contributed by atoms with E-state index in [9.17, 15) is 17.6 Å². The molecule has 29 heavy (non-hydrogen) atoms. The molecular formula is C21H25FN2O4S. The molecule has 1 aliphatic rings. The van der Waals surface area contributed by atoms with Crippen LogP contribution in [-0.2, 0) is 21.2 Å². The Hall–Kier alpha value is -2.29. The van der Waals surface area contributed by atoms with Crippen molar-refractivity contribution in [1.29, 1.82) is 0 Å². The number of halogens is 1. The third-order valence-corrected chi connectivity index (χ3v) is 6.92. The van der Waals surface area contributed by atoms with Gasteiger partial charge in [-0.25, -0.2) is 12.8 Å². The van der Waals surface area contributed by atoms with Crippen molar-refractivity contribution >= 4 is 15.9 Å². The minimum absolute atomic E-state index is 0.151. The number of aryl methyl sites for hydroxylation is 2. The molecule has 1 fully saturated rings. The van der Waals surface area contributed by atoms with Gasteiger partial charge in [0.15, 0.2) is 0 Å². The second-order valence-electron chi connectivity index (χ2n) is 6.98. The van der Waals surface area contributed by atoms with Gasteiger partial charge < -0.3 is 10.1 Å². The smallest absolute Gasteiger partial charge is 0.251 e. The number of rotatable bonds is 7. The standard InChI is InChI=1S/C21H25FN2O4S/c1-16-4-7-18(15-20(16)29(26,27)24-11-13-28-14-12-24)21(25)23-10-2-3-17-5-8-19(22)9-6-17/h4-9,15H,2-3,10-14H2,1H3,(H,23,25). The van der Waals surface area contributed by atoms with Crippen LogP contribution in [0.4, 0.5) is 4.39 Å². The van der Waals surface area contributed by atoms with Crippen molar-refractivity contribution in [2.75, 3.05) is 32.8 Å². The van der Waals surface area contributed by atoms with Gasteiger partial charge in [0, 0.05) is 25.2 Å². The maximum atomic E-state index is 12.9. The van der Waals surface area contributed by atoms with Crippen molar-refractivity contribution < 1.29 is 22.3 Å². The molecule has 0 radical (unpaired) electrons. The normalized spacial score (nSPS) is 15.2. The summed E-state index contributed by atoms with van der Waals surface area (Å²) in [6, 6.07) is 11.0. The zero-order valence-corrected chi connectivity index (χ0v) is 17.2. The highest BCUT2D eigenvalue weighted by Crippen LogP contribution is 2.22. The van der Waals surface area contributed by atoms with Crippen LogP contribution in [0, 0.1) is 12.7 Å². The molecule has 8 heteroatoms. The summed E-state index contributed by atoms with van der Waals surface area (Å²) in [6.45, 7) is 3.51. The molecule has 1 N–H and O–H groups in total. The molecule has 1 saturated heterocycles. The van der Waals surface area contributed by atoms with Crippen molar-refractivity contribution in [1.82, 2.24) is 9.62 Å². The van der Waals surface area contributed by atoms with Crippen molar-refractivity contribution in [2.24, 2.45) is 0 Å². The molecule has 0 saturated carbocycles. The average molecular weight is 421 g/mol. The van der Waals surface area contributed by atoms with Gasteiger partial charge >= 0.3 is 0 Å². The van der Waals surface area contributed by atoms with Gasteiger partial charge in [-0.15, -0.1) is 0 Å². The molecule has 0 aromatic heterocycles. The minimum Gasteiger partial charge on any atom is -0.379 e. The molecule has 2 aromatic carbocycles. The molecule has 0 spiro atoms. The molecule has 1 heterocycles. The van der Waals surface area contributed by atoms with Gasteiger partial charge in [-0.1, -0.05) is 18.2 Å². The van der Waals surface area contributed by atoms with E-state index in [2.05, 4.69) is 5.32 Å². The van der Waals surface area contributed by atoms with E-state index in [0.717, 1.165) is 5.56 Å². The van der Waals surface area contributed by atoms with E-state index in [0.29, 0.717) is 56.8 Å². The van der Waals surface area contributed by atoms with Crippen LogP contribution in [0.2, 0.25) is 0 Å². The Morgan fingerprint density at radius 1 is 1.14 bits per heavy atom. The van der Waals surface area contributed by atoms with Crippen LogP contribution in [-0.4, -0.2) is 51.5 Å². The third-order valence-electron chi connectivity index (χ3n) is 4.88. The molecule has 0 bridgehead atoms. The predicted octanol–water partition coefficient (Wildman–Crippen LogP) is 2.52. The first-order chi connectivity index (χ1) is 13.9. The molecule has 0 aliphatic carbocycles. The van der Waals surface area contributed by atoms with Crippen molar-refractivity contribution in [3.63, 3.8) is 0 Å². The van der Waals surface area contributed by atoms with E-state index >= 15 is 0 Å². The molecule has 0 unspecified atom stereocenters. The average Bonchev–Trinajstić information content (AvgIpc) is 2.73. The number of hydrogen-bond donors (Lipinski definition) is 1. The van der Waals surface area contributed by atoms with E-state index in [1.807, 2.05) is 0 Å². The predicted molar refractivity (Wildman–Crippen MR) is 108 cm³/mol. The summed E-state index contributed by atoms with van der Waals surface area (Å²) in [7, 11) is -3.67. The van der Waals surface area contributed by atoms with Crippen molar-refractivity contribution in [3.05, 3.63) is 65.0 Å². The van der Waals surface area contributed by atoms with Gasteiger partial charge in [0.2, 0.25) is 10.0 Å². The summed E-state index contributed by atoms with van der Waals surface area (Å²) < 4.78 is 45.4. The van der Waals surface area contributed by atoms with E-state index in [4.69, 9.17) is 4.74 Å². The Kier molecular flexibility index (Phi) is 7.00. The van der Waals surface area contributed by atoms with Crippen LogP contribution in [0.15, 0.2) is 47.4 Å². The highest BCUT2D eigenvalue weighted by molar-refractivity contribution is 7.89. The minimum atomic E-state index is -3.67. The zero-order chi connectivity index (χ0) is 20.9. The summed E-state index contributed by atoms with van der Waals surface area (Å²) in [6.07, 6.45) is 1.41. The monoisotopic (exact) mass is 420 g/mol. The maximum Gasteiger partial charge on any atom is 0.251 e. The molecule has 0 atom stereocenters. The van der Waals surface area contributed by atoms with E-state index in [1.54, 1.807) is 31.2 Å². The number of sulfonamides is 1. The Bertz CT molecular complexity index is 955. The van der Waals surface area contributed by atoms with Crippen LogP contribution in [0.1, 0.15) is 27.9 Å². The van der Waals surface area contributed by atoms with Gasteiger partial charge in [-0.2, -0.15) is 4.31 Å². The first-order valence-corrected chi connectivity index (χ1v) is 11.0. The van der Waals surface area contributed by atoms with Gasteiger partial charge in [-0.05, 0) is 55.2 Å². The summed E-state index contributed by atoms with van der Waals surface area (Å²) in [4.78, 5) is 12.6. The van der Waals surface area contributed by atoms with Crippen LogP contribution in [0.5, 0.6) is 0 Å². The lowest BCUT2D eigenvalue weighted by Crippen LogP contribution is -2.41. The van der Waals surface area contributed by atoms with Crippen LogP contribution in [0.25, 0.3) is 0 Å². The Morgan fingerprint density at radius 3 is 2.52 bits per heavy atom. The lowest BCUT2D eigenvalue weighted by atomic mass is 10.1. The number of amides is 1. The number of nitrogens with one attached hydrogen (secondary N) is 1. The summed E-state index contributed by atoms with van der Waals surface area (Å²) in [5.41, 5.74) is 1.91. The third kappa shape index (κ3) is 5.41. The fraction of sp³-hybridized carbons (Fsp3) is 0.381. The quantitative estimate of drug-likeness (QED) is 0.699. The molecular weight excluding hydrogens is 395 g/mol. The van der Waals surface area contributed by atoms with Gasteiger partial charge in [0.1, 0.15) is 5.82 Å². The van der Waals surface area contributed by atoms with Crippen molar-refractivity contribution in [3.8, 4) is 0 Å². The molecule has 1 amide bonds. The fourth-order valence-electron chi connectivity index (χ4n) is 3.19. The first kappa shape index (κ1) is 21.4. The summed E-state index contributed by atoms with van der Waals surface area (Å²) >= 11 is 0. The number of nitrogens with zero attached hydrogens (tertiary/aromatic N) is 1. The fourth-order valence-corrected chi connectivity index (χ4v) is 4.85. The SMILES string of the molecule is Cc1ccc(C(=O)NCCCc2ccc(F)cc2)cc1S(=O)(=O)N1CCOCC1. The van der Waals surface area contributed by atoms with Crippen molar-refractivity contribution in [2.45, 2.75) is 24.7 Å². The largest absolute Gasteiger partial charge is 0.379 e. The number of carbonyl (C=O) groups excluding carboxylic acids is 1. The Labute approximate surface area is 170 Å². The van der Waals surface area contributed by atoms with Gasteiger partial charge in [0.05, 0.1) is 18.1 Å². The number of morpholine rings is 1. The maximum absolute atomic E-state index is 12.9. The molecule has 2 aromatic rings. The Morgan fingerprint density at radius 2 is 1.83 bits per heavy atom. The lowest BCUT2D eigenvalue weighted by molar-refractivity contribution is 0.0730. The van der Waals surface area contributed by atoms with Crippen LogP contribution >= 0.6 is 0 Å². The number of benzene rings is 2. The summed E-state index contributed by atoms with van der Waals surface area (Å²) in [5, 5.41) is 2.82.